The summed E-state index contributed by atoms with van der Waals surface area (Å²) in [5, 5.41) is 17.3. The fourth-order valence-corrected chi connectivity index (χ4v) is 5.69. The number of amides is 1. The number of aliphatic hydroxyl groups is 1. The Labute approximate surface area is 226 Å². The zero-order chi connectivity index (χ0) is 26.2. The van der Waals surface area contributed by atoms with Crippen LogP contribution in [0.15, 0.2) is 48.5 Å². The summed E-state index contributed by atoms with van der Waals surface area (Å²) in [5.41, 5.74) is 1.43. The van der Waals surface area contributed by atoms with Gasteiger partial charge in [-0.15, -0.1) is 0 Å². The van der Waals surface area contributed by atoms with Gasteiger partial charge in [0.25, 0.3) is 0 Å². The van der Waals surface area contributed by atoms with Gasteiger partial charge < -0.3 is 29.7 Å². The fraction of sp³-hybridized carbons (Fsp3) is 0.414. The molecule has 3 heterocycles. The van der Waals surface area contributed by atoms with Crippen LogP contribution < -0.4 is 19.7 Å². The number of rotatable bonds is 7. The third-order valence-corrected chi connectivity index (χ3v) is 8.02. The summed E-state index contributed by atoms with van der Waals surface area (Å²) in [6, 6.07) is 14.4. The Morgan fingerprint density at radius 1 is 1.08 bits per heavy atom. The number of nitrogens with one attached hydrogen (secondary N) is 1. The van der Waals surface area contributed by atoms with Crippen molar-refractivity contribution in [3.8, 4) is 11.5 Å². The third kappa shape index (κ3) is 5.13. The molecule has 2 N–H and O–H groups in total. The average molecular weight is 540 g/mol. The number of hydrogen-bond donors (Lipinski definition) is 2. The molecule has 0 radical (unpaired) electrons. The lowest BCUT2D eigenvalue weighted by Gasteiger charge is -2.36. The highest BCUT2D eigenvalue weighted by Gasteiger charge is 2.34. The number of nitrogens with zero attached hydrogens (tertiary/aromatic N) is 2. The number of carbonyl (C=O) groups excluding carboxylic acids is 1. The molecule has 3 aromatic carbocycles. The van der Waals surface area contributed by atoms with Gasteiger partial charge in [-0.25, -0.2) is 4.39 Å². The number of likely N-dealkylation sites (tertiary alicyclic amines) is 1. The maximum Gasteiger partial charge on any atom is 0.225 e. The van der Waals surface area contributed by atoms with Crippen molar-refractivity contribution in [2.75, 3.05) is 50.8 Å². The normalized spacial score (nSPS) is 20.7. The Morgan fingerprint density at radius 3 is 2.68 bits per heavy atom. The topological polar surface area (TPSA) is 74.3 Å². The third-order valence-electron chi connectivity index (χ3n) is 7.78. The summed E-state index contributed by atoms with van der Waals surface area (Å²) in [6.45, 7) is 4.29. The molecule has 0 aliphatic carbocycles. The Balaban J connectivity index is 1.16. The van der Waals surface area contributed by atoms with Gasteiger partial charge in [-0.1, -0.05) is 23.7 Å². The molecule has 0 spiro atoms. The van der Waals surface area contributed by atoms with E-state index in [1.807, 2.05) is 18.2 Å². The SMILES string of the molecule is O=C(N[C@H](CN1CCC1)[C@H](O)c1cc(F)c2c(c1)OCCO2)[C@@H]1CCN(c2ccc3cc(Cl)ccc3c2)C1. The quantitative estimate of drug-likeness (QED) is 0.470. The molecular weight excluding hydrogens is 509 g/mol. The van der Waals surface area contributed by atoms with E-state index in [-0.39, 0.29) is 29.9 Å². The summed E-state index contributed by atoms with van der Waals surface area (Å²) in [7, 11) is 0. The van der Waals surface area contributed by atoms with Crippen molar-refractivity contribution in [1.29, 1.82) is 0 Å². The van der Waals surface area contributed by atoms with E-state index in [4.69, 9.17) is 21.1 Å². The Morgan fingerprint density at radius 2 is 1.87 bits per heavy atom. The van der Waals surface area contributed by atoms with Gasteiger partial charge >= 0.3 is 0 Å². The molecule has 1 amide bonds. The second-order valence-electron chi connectivity index (χ2n) is 10.3. The highest BCUT2D eigenvalue weighted by molar-refractivity contribution is 6.31. The first kappa shape index (κ1) is 25.2. The largest absolute Gasteiger partial charge is 0.486 e. The maximum atomic E-state index is 14.7. The van der Waals surface area contributed by atoms with Crippen LogP contribution in [0.3, 0.4) is 0 Å². The molecule has 2 fully saturated rings. The first-order valence-electron chi connectivity index (χ1n) is 13.2. The summed E-state index contributed by atoms with van der Waals surface area (Å²) >= 11 is 6.12. The smallest absolute Gasteiger partial charge is 0.225 e. The number of fused-ring (bicyclic) bond motifs is 2. The number of benzene rings is 3. The Kier molecular flexibility index (Phi) is 7.03. The van der Waals surface area contributed by atoms with Crippen LogP contribution in [-0.4, -0.2) is 67.9 Å². The van der Waals surface area contributed by atoms with Crippen LogP contribution in [0.25, 0.3) is 10.8 Å². The molecule has 0 saturated carbocycles. The highest BCUT2D eigenvalue weighted by Crippen LogP contribution is 2.37. The molecule has 3 atom stereocenters. The number of halogens is 2. The van der Waals surface area contributed by atoms with Gasteiger partial charge in [0.1, 0.15) is 19.3 Å². The van der Waals surface area contributed by atoms with Crippen LogP contribution in [0.4, 0.5) is 10.1 Å². The molecule has 0 unspecified atom stereocenters. The Bertz CT molecular complexity index is 1350. The second-order valence-corrected chi connectivity index (χ2v) is 10.8. The van der Waals surface area contributed by atoms with Crippen molar-refractivity contribution in [1.82, 2.24) is 10.2 Å². The van der Waals surface area contributed by atoms with Crippen molar-refractivity contribution in [2.24, 2.45) is 5.92 Å². The zero-order valence-corrected chi connectivity index (χ0v) is 21.8. The molecule has 6 rings (SSSR count). The van der Waals surface area contributed by atoms with E-state index in [0.717, 1.165) is 48.9 Å². The monoisotopic (exact) mass is 539 g/mol. The van der Waals surface area contributed by atoms with Gasteiger partial charge in [-0.2, -0.15) is 0 Å². The fourth-order valence-electron chi connectivity index (χ4n) is 5.51. The first-order valence-corrected chi connectivity index (χ1v) is 13.6. The van der Waals surface area contributed by atoms with E-state index in [9.17, 15) is 14.3 Å². The molecule has 0 aromatic heterocycles. The first-order chi connectivity index (χ1) is 18.4. The minimum atomic E-state index is -1.09. The lowest BCUT2D eigenvalue weighted by molar-refractivity contribution is -0.126. The van der Waals surface area contributed by atoms with E-state index >= 15 is 0 Å². The summed E-state index contributed by atoms with van der Waals surface area (Å²) in [4.78, 5) is 17.8. The minimum Gasteiger partial charge on any atom is -0.486 e. The van der Waals surface area contributed by atoms with E-state index < -0.39 is 18.0 Å². The van der Waals surface area contributed by atoms with Crippen LogP contribution >= 0.6 is 11.6 Å². The van der Waals surface area contributed by atoms with Crippen molar-refractivity contribution in [2.45, 2.75) is 25.0 Å². The number of aliphatic hydroxyl groups excluding tert-OH is 1. The molecule has 9 heteroatoms. The van der Waals surface area contributed by atoms with Gasteiger partial charge in [-0.05, 0) is 78.7 Å². The molecule has 200 valence electrons. The number of ether oxygens (including phenoxy) is 2. The van der Waals surface area contributed by atoms with Gasteiger partial charge in [-0.3, -0.25) is 4.79 Å². The average Bonchev–Trinajstić information content (AvgIpc) is 3.40. The predicted molar refractivity (Wildman–Crippen MR) is 145 cm³/mol. The highest BCUT2D eigenvalue weighted by atomic mass is 35.5. The lowest BCUT2D eigenvalue weighted by Crippen LogP contribution is -2.52. The van der Waals surface area contributed by atoms with Crippen molar-refractivity contribution >= 4 is 34.0 Å². The van der Waals surface area contributed by atoms with E-state index in [2.05, 4.69) is 33.3 Å². The molecule has 0 bridgehead atoms. The predicted octanol–water partition coefficient (Wildman–Crippen LogP) is 4.15. The molecule has 2 saturated heterocycles. The van der Waals surface area contributed by atoms with Gasteiger partial charge in [0.2, 0.25) is 5.91 Å². The number of carbonyl (C=O) groups is 1. The van der Waals surface area contributed by atoms with Crippen molar-refractivity contribution < 1.29 is 23.8 Å². The molecule has 3 aliphatic rings. The molecule has 38 heavy (non-hydrogen) atoms. The van der Waals surface area contributed by atoms with E-state index in [1.165, 1.54) is 6.07 Å². The summed E-state index contributed by atoms with van der Waals surface area (Å²) < 4.78 is 25.6. The van der Waals surface area contributed by atoms with Crippen LogP contribution in [0.2, 0.25) is 5.02 Å². The minimum absolute atomic E-state index is 0.0679. The summed E-state index contributed by atoms with van der Waals surface area (Å²) in [5.74, 6) is -0.530. The van der Waals surface area contributed by atoms with E-state index in [1.54, 1.807) is 6.07 Å². The molecular formula is C29H31ClFN3O4. The van der Waals surface area contributed by atoms with Gasteiger partial charge in [0.05, 0.1) is 12.0 Å². The van der Waals surface area contributed by atoms with Crippen LogP contribution in [0.1, 0.15) is 24.5 Å². The molecule has 3 aliphatic heterocycles. The van der Waals surface area contributed by atoms with Crippen LogP contribution in [0, 0.1) is 11.7 Å². The number of hydrogen-bond acceptors (Lipinski definition) is 6. The Hall–Kier alpha value is -3.07. The zero-order valence-electron chi connectivity index (χ0n) is 21.0. The molecule has 7 nitrogen and oxygen atoms in total. The van der Waals surface area contributed by atoms with Crippen molar-refractivity contribution in [3.63, 3.8) is 0 Å². The second kappa shape index (κ2) is 10.6. The van der Waals surface area contributed by atoms with Crippen LogP contribution in [0.5, 0.6) is 11.5 Å². The summed E-state index contributed by atoms with van der Waals surface area (Å²) in [6.07, 6.45) is 0.718. The lowest BCUT2D eigenvalue weighted by atomic mass is 9.98. The maximum absolute atomic E-state index is 14.7. The number of anilines is 1. The van der Waals surface area contributed by atoms with Gasteiger partial charge in [0.15, 0.2) is 17.3 Å². The van der Waals surface area contributed by atoms with Crippen molar-refractivity contribution in [3.05, 3.63) is 64.9 Å². The van der Waals surface area contributed by atoms with Crippen LogP contribution in [-0.2, 0) is 4.79 Å². The van der Waals surface area contributed by atoms with Gasteiger partial charge in [0, 0.05) is 30.3 Å². The van der Waals surface area contributed by atoms with E-state index in [0.29, 0.717) is 30.3 Å². The molecule has 3 aromatic rings. The standard InChI is InChI=1S/C29H31ClFN3O4/c30-22-4-2-19-13-23(5-3-18(19)12-22)34-9-6-20(16-34)29(36)32-25(17-33-7-1-8-33)27(35)21-14-24(31)28-26(15-21)37-10-11-38-28/h2-5,12-15,20,25,27,35H,1,6-11,16-17H2,(H,32,36)/t20-,25-,27-/m1/s1.